The first-order chi connectivity index (χ1) is 12.6. The van der Waals surface area contributed by atoms with Gasteiger partial charge in [-0.05, 0) is 36.5 Å². The van der Waals surface area contributed by atoms with Gasteiger partial charge in [0.05, 0.1) is 28.7 Å². The first kappa shape index (κ1) is 17.0. The van der Waals surface area contributed by atoms with Crippen molar-refractivity contribution in [3.8, 4) is 17.0 Å². The van der Waals surface area contributed by atoms with Gasteiger partial charge in [-0.1, -0.05) is 20.8 Å². The summed E-state index contributed by atoms with van der Waals surface area (Å²) in [4.78, 5) is 8.91. The summed E-state index contributed by atoms with van der Waals surface area (Å²) in [7, 11) is 0. The molecule has 1 aromatic carbocycles. The van der Waals surface area contributed by atoms with Gasteiger partial charge in [0.2, 0.25) is 0 Å². The molecule has 3 heterocycles. The van der Waals surface area contributed by atoms with Crippen LogP contribution in [0.5, 0.6) is 5.75 Å². The molecule has 134 valence electrons. The summed E-state index contributed by atoms with van der Waals surface area (Å²) >= 11 is 1.63. The summed E-state index contributed by atoms with van der Waals surface area (Å²) < 4.78 is 9.09. The minimum absolute atomic E-state index is 0.521. The van der Waals surface area contributed by atoms with Gasteiger partial charge in [-0.25, -0.2) is 14.5 Å². The van der Waals surface area contributed by atoms with Crippen molar-refractivity contribution in [2.45, 2.75) is 27.2 Å². The van der Waals surface area contributed by atoms with E-state index >= 15 is 0 Å². The molecular weight excluding hydrogens is 344 g/mol. The molecule has 1 atom stereocenters. The molecule has 0 unspecified atom stereocenters. The number of ether oxygens (including phenoxy) is 1. The van der Waals surface area contributed by atoms with Crippen molar-refractivity contribution in [3.63, 3.8) is 0 Å². The summed E-state index contributed by atoms with van der Waals surface area (Å²) in [6.45, 7) is 7.43. The molecule has 0 fully saturated rings. The fraction of sp³-hybridized carbons (Fsp3) is 0.350. The molecule has 0 N–H and O–H groups in total. The lowest BCUT2D eigenvalue weighted by Crippen LogP contribution is -2.11. The van der Waals surface area contributed by atoms with Crippen LogP contribution in [0, 0.1) is 11.8 Å². The van der Waals surface area contributed by atoms with E-state index < -0.39 is 0 Å². The molecule has 5 nitrogen and oxygen atoms in total. The van der Waals surface area contributed by atoms with Crippen LogP contribution in [0.2, 0.25) is 0 Å². The van der Waals surface area contributed by atoms with E-state index in [1.54, 1.807) is 17.5 Å². The van der Waals surface area contributed by atoms with E-state index in [1.165, 1.54) is 0 Å². The summed E-state index contributed by atoms with van der Waals surface area (Å²) in [5.41, 5.74) is 5.74. The van der Waals surface area contributed by atoms with Crippen LogP contribution >= 0.6 is 11.3 Å². The Kier molecular flexibility index (Phi) is 4.59. The molecule has 0 aliphatic carbocycles. The fourth-order valence-corrected chi connectivity index (χ4v) is 4.22. The monoisotopic (exact) mass is 366 g/mol. The topological polar surface area (TPSA) is 52.3 Å². The van der Waals surface area contributed by atoms with Gasteiger partial charge < -0.3 is 4.74 Å². The molecule has 0 saturated carbocycles. The Morgan fingerprint density at radius 1 is 1.08 bits per heavy atom. The largest absolute Gasteiger partial charge is 0.491 e. The average molecular weight is 366 g/mol. The van der Waals surface area contributed by atoms with Gasteiger partial charge in [-0.15, -0.1) is 11.3 Å². The number of thiazole rings is 1. The van der Waals surface area contributed by atoms with E-state index in [-0.39, 0.29) is 0 Å². The zero-order valence-corrected chi connectivity index (χ0v) is 16.0. The van der Waals surface area contributed by atoms with Crippen LogP contribution in [0.1, 0.15) is 27.2 Å². The fourth-order valence-electron chi connectivity index (χ4n) is 3.39. The number of nitrogens with zero attached hydrogens (tertiary/aromatic N) is 4. The molecule has 0 radical (unpaired) electrons. The lowest BCUT2D eigenvalue weighted by Gasteiger charge is -2.16. The summed E-state index contributed by atoms with van der Waals surface area (Å²) in [6, 6.07) is 8.01. The molecular formula is C20H22N4OS. The highest BCUT2D eigenvalue weighted by atomic mass is 32.1. The number of benzene rings is 1. The van der Waals surface area contributed by atoms with Gasteiger partial charge in [0.25, 0.3) is 0 Å². The molecule has 6 heteroatoms. The molecule has 0 saturated heterocycles. The standard InChI is InChI=1S/C20H22N4OS/c1-13(2)10-14(3)11-25-17-5-4-15(20-19(17)22-12-26-20)16-6-8-21-18-7-9-23-24(16)18/h4-9,12-14H,10-11H2,1-3H3/t14-/m1/s1. The Morgan fingerprint density at radius 2 is 1.96 bits per heavy atom. The minimum Gasteiger partial charge on any atom is -0.491 e. The van der Waals surface area contributed by atoms with Crippen molar-refractivity contribution in [3.05, 3.63) is 42.2 Å². The zero-order valence-electron chi connectivity index (χ0n) is 15.2. The number of rotatable bonds is 6. The van der Waals surface area contributed by atoms with Crippen LogP contribution in [-0.2, 0) is 0 Å². The highest BCUT2D eigenvalue weighted by Gasteiger charge is 2.15. The molecule has 0 bridgehead atoms. The lowest BCUT2D eigenvalue weighted by atomic mass is 10.00. The van der Waals surface area contributed by atoms with Crippen LogP contribution in [0.3, 0.4) is 0 Å². The second kappa shape index (κ2) is 7.03. The number of hydrogen-bond donors (Lipinski definition) is 0. The molecule has 0 spiro atoms. The average Bonchev–Trinajstić information content (AvgIpc) is 3.28. The summed E-state index contributed by atoms with van der Waals surface area (Å²) in [6.07, 6.45) is 4.74. The smallest absolute Gasteiger partial charge is 0.155 e. The normalized spacial score (nSPS) is 12.9. The molecule has 0 aliphatic rings. The van der Waals surface area contributed by atoms with Crippen molar-refractivity contribution < 1.29 is 4.74 Å². The number of aromatic nitrogens is 4. The second-order valence-corrected chi connectivity index (χ2v) is 7.97. The maximum Gasteiger partial charge on any atom is 0.155 e. The van der Waals surface area contributed by atoms with Crippen LogP contribution in [0.25, 0.3) is 27.1 Å². The van der Waals surface area contributed by atoms with Crippen molar-refractivity contribution in [1.82, 2.24) is 19.6 Å². The van der Waals surface area contributed by atoms with Crippen LogP contribution in [0.4, 0.5) is 0 Å². The van der Waals surface area contributed by atoms with Crippen molar-refractivity contribution >= 4 is 27.2 Å². The van der Waals surface area contributed by atoms with Gasteiger partial charge in [0.15, 0.2) is 5.65 Å². The Labute approximate surface area is 156 Å². The third kappa shape index (κ3) is 3.17. The molecule has 4 rings (SSSR count). The minimum atomic E-state index is 0.521. The van der Waals surface area contributed by atoms with Crippen LogP contribution in [-0.4, -0.2) is 26.2 Å². The maximum absolute atomic E-state index is 6.11. The van der Waals surface area contributed by atoms with E-state index in [1.807, 2.05) is 34.4 Å². The molecule has 4 aromatic rings. The number of fused-ring (bicyclic) bond motifs is 2. The molecule has 3 aromatic heterocycles. The third-order valence-electron chi connectivity index (χ3n) is 4.41. The van der Waals surface area contributed by atoms with Crippen molar-refractivity contribution in [2.75, 3.05) is 6.61 Å². The van der Waals surface area contributed by atoms with Gasteiger partial charge in [-0.2, -0.15) is 5.10 Å². The lowest BCUT2D eigenvalue weighted by molar-refractivity contribution is 0.241. The quantitative estimate of drug-likeness (QED) is 0.478. The zero-order chi connectivity index (χ0) is 18.1. The molecule has 26 heavy (non-hydrogen) atoms. The summed E-state index contributed by atoms with van der Waals surface area (Å²) in [5, 5.41) is 4.40. The highest BCUT2D eigenvalue weighted by molar-refractivity contribution is 7.17. The van der Waals surface area contributed by atoms with E-state index in [0.29, 0.717) is 18.4 Å². The van der Waals surface area contributed by atoms with Gasteiger partial charge in [-0.3, -0.25) is 0 Å². The van der Waals surface area contributed by atoms with Crippen LogP contribution in [0.15, 0.2) is 42.2 Å². The Hall–Kier alpha value is -2.47. The SMILES string of the molecule is CC(C)C[C@@H](C)COc1ccc(-c2ccnc3ccnn23)c2scnc12. The van der Waals surface area contributed by atoms with E-state index in [2.05, 4.69) is 41.9 Å². The Bertz CT molecular complexity index is 1040. The first-order valence-corrected chi connectivity index (χ1v) is 9.79. The molecule has 0 amide bonds. The van der Waals surface area contributed by atoms with E-state index in [9.17, 15) is 0 Å². The number of hydrogen-bond acceptors (Lipinski definition) is 5. The van der Waals surface area contributed by atoms with Crippen LogP contribution < -0.4 is 4.74 Å². The second-order valence-electron chi connectivity index (χ2n) is 7.12. The Balaban J connectivity index is 1.69. The highest BCUT2D eigenvalue weighted by Crippen LogP contribution is 2.36. The molecule has 0 aliphatic heterocycles. The third-order valence-corrected chi connectivity index (χ3v) is 5.27. The van der Waals surface area contributed by atoms with Crippen molar-refractivity contribution in [1.29, 1.82) is 0 Å². The maximum atomic E-state index is 6.11. The van der Waals surface area contributed by atoms with Crippen molar-refractivity contribution in [2.24, 2.45) is 11.8 Å². The predicted octanol–water partition coefficient (Wildman–Crippen LogP) is 5.07. The van der Waals surface area contributed by atoms with Gasteiger partial charge >= 0.3 is 0 Å². The van der Waals surface area contributed by atoms with Gasteiger partial charge in [0, 0.05) is 17.8 Å². The van der Waals surface area contributed by atoms with Gasteiger partial charge in [0.1, 0.15) is 11.3 Å². The van der Waals surface area contributed by atoms with E-state index in [4.69, 9.17) is 4.74 Å². The van der Waals surface area contributed by atoms with E-state index in [0.717, 1.165) is 39.3 Å². The Morgan fingerprint density at radius 3 is 2.81 bits per heavy atom. The predicted molar refractivity (Wildman–Crippen MR) is 106 cm³/mol. The first-order valence-electron chi connectivity index (χ1n) is 8.91. The summed E-state index contributed by atoms with van der Waals surface area (Å²) in [5.74, 6) is 2.05.